The van der Waals surface area contributed by atoms with Crippen LogP contribution in [0.4, 0.5) is 0 Å². The Morgan fingerprint density at radius 2 is 1.52 bits per heavy atom. The Kier molecular flexibility index (Phi) is 8.02. The molecule has 0 saturated heterocycles. The third kappa shape index (κ3) is 5.58. The molecule has 0 amide bonds. The molecule has 0 radical (unpaired) electrons. The molecule has 10 rings (SSSR count). The van der Waals surface area contributed by atoms with E-state index in [-0.39, 0.29) is 0 Å². The maximum absolute atomic E-state index is 5.27. The van der Waals surface area contributed by atoms with E-state index in [0.717, 1.165) is 67.1 Å². The SMILES string of the molecule is C1=CCC(C2=C3c4ccc(-c5nc(C6=CCC7C8=C(CCCC8)SC7C6)nc(-c6ccc(C7=CCCC=C7)cc6)n5)cc4SC3CC=C2)C=C1. The highest BCUT2D eigenvalue weighted by Gasteiger charge is 2.39. The summed E-state index contributed by atoms with van der Waals surface area (Å²) >= 11 is 4.18. The summed E-state index contributed by atoms with van der Waals surface area (Å²) in [7, 11) is 0. The van der Waals surface area contributed by atoms with Gasteiger partial charge in [-0.05, 0) is 115 Å². The van der Waals surface area contributed by atoms with Crippen molar-refractivity contribution in [3.05, 3.63) is 136 Å². The Morgan fingerprint density at radius 1 is 0.680 bits per heavy atom. The number of rotatable bonds is 5. The van der Waals surface area contributed by atoms with Gasteiger partial charge in [-0.25, -0.2) is 15.0 Å². The molecular formula is C45H41N3S2. The molecule has 5 heteroatoms. The van der Waals surface area contributed by atoms with Crippen molar-refractivity contribution in [1.29, 1.82) is 0 Å². The first-order valence-electron chi connectivity index (χ1n) is 18.6. The highest BCUT2D eigenvalue weighted by atomic mass is 32.2. The summed E-state index contributed by atoms with van der Waals surface area (Å²) in [5.41, 5.74) is 12.1. The molecule has 4 unspecified atom stereocenters. The Balaban J connectivity index is 1.03. The van der Waals surface area contributed by atoms with Crippen LogP contribution in [0.25, 0.3) is 39.5 Å². The average Bonchev–Trinajstić information content (AvgIpc) is 3.76. The van der Waals surface area contributed by atoms with Gasteiger partial charge in [-0.15, -0.1) is 23.5 Å². The zero-order valence-corrected chi connectivity index (χ0v) is 30.0. The van der Waals surface area contributed by atoms with E-state index >= 15 is 0 Å². The molecule has 0 fully saturated rings. The fourth-order valence-corrected chi connectivity index (χ4v) is 12.1. The molecular weight excluding hydrogens is 647 g/mol. The molecule has 2 aliphatic heterocycles. The number of benzene rings is 2. The highest BCUT2D eigenvalue weighted by molar-refractivity contribution is 8.04. The zero-order chi connectivity index (χ0) is 33.0. The molecule has 7 aliphatic rings. The number of nitrogens with zero attached hydrogens (tertiary/aromatic N) is 3. The second-order valence-electron chi connectivity index (χ2n) is 14.6. The molecule has 5 aliphatic carbocycles. The normalized spacial score (nSPS) is 26.4. The Labute approximate surface area is 304 Å². The van der Waals surface area contributed by atoms with Gasteiger partial charge in [0.1, 0.15) is 0 Å². The quantitative estimate of drug-likeness (QED) is 0.267. The lowest BCUT2D eigenvalue weighted by Crippen LogP contribution is -2.20. The maximum Gasteiger partial charge on any atom is 0.164 e. The molecule has 3 nitrogen and oxygen atoms in total. The van der Waals surface area contributed by atoms with Crippen LogP contribution in [-0.2, 0) is 0 Å². The largest absolute Gasteiger partial charge is 0.209 e. The standard InChI is InChI=1S/C45H41N3S2/c1-3-10-28(11-4-1)29-18-20-31(21-19-29)43-46-44(32-22-24-36-35-14-7-8-16-38(35)49-40(36)26-32)48-45(47-43)33-23-25-37-41(27-33)50-39-17-9-15-34(42(37)39)30-12-5-2-6-13-30/h2-3,5-6,9-12,15,18-23,25,27,30,36,39-40H,1,4,7-8,13-14,16-17,24,26H2. The van der Waals surface area contributed by atoms with Gasteiger partial charge < -0.3 is 0 Å². The lowest BCUT2D eigenvalue weighted by Gasteiger charge is -2.27. The first kappa shape index (κ1) is 30.9. The predicted molar refractivity (Wildman–Crippen MR) is 211 cm³/mol. The van der Waals surface area contributed by atoms with Crippen molar-refractivity contribution in [3.63, 3.8) is 0 Å². The van der Waals surface area contributed by atoms with Crippen molar-refractivity contribution in [2.24, 2.45) is 11.8 Å². The van der Waals surface area contributed by atoms with Crippen LogP contribution in [-0.4, -0.2) is 25.5 Å². The molecule has 2 aromatic carbocycles. The van der Waals surface area contributed by atoms with E-state index in [1.807, 2.05) is 11.8 Å². The number of thioether (sulfide) groups is 2. The van der Waals surface area contributed by atoms with Crippen LogP contribution in [0.3, 0.4) is 0 Å². The molecule has 50 heavy (non-hydrogen) atoms. The van der Waals surface area contributed by atoms with E-state index in [0.29, 0.717) is 22.3 Å². The van der Waals surface area contributed by atoms with Gasteiger partial charge in [0, 0.05) is 32.4 Å². The second kappa shape index (κ2) is 13.0. The van der Waals surface area contributed by atoms with Crippen LogP contribution in [0.15, 0.2) is 124 Å². The Morgan fingerprint density at radius 3 is 2.38 bits per heavy atom. The average molecular weight is 688 g/mol. The summed E-state index contributed by atoms with van der Waals surface area (Å²) in [6, 6.07) is 15.8. The lowest BCUT2D eigenvalue weighted by molar-refractivity contribution is 0.537. The van der Waals surface area contributed by atoms with Crippen LogP contribution in [0, 0.1) is 11.8 Å². The second-order valence-corrected chi connectivity index (χ2v) is 17.2. The van der Waals surface area contributed by atoms with Gasteiger partial charge in [-0.1, -0.05) is 103 Å². The predicted octanol–water partition coefficient (Wildman–Crippen LogP) is 12.0. The zero-order valence-electron chi connectivity index (χ0n) is 28.4. The smallest absolute Gasteiger partial charge is 0.164 e. The van der Waals surface area contributed by atoms with Gasteiger partial charge in [-0.2, -0.15) is 0 Å². The van der Waals surface area contributed by atoms with Crippen LogP contribution in [0.1, 0.15) is 81.2 Å². The third-order valence-electron chi connectivity index (χ3n) is 11.5. The van der Waals surface area contributed by atoms with Gasteiger partial charge in [-0.3, -0.25) is 0 Å². The minimum atomic E-state index is 0.452. The summed E-state index contributed by atoms with van der Waals surface area (Å²) in [5, 5.41) is 1.09. The van der Waals surface area contributed by atoms with Crippen molar-refractivity contribution >= 4 is 40.2 Å². The monoisotopic (exact) mass is 687 g/mol. The summed E-state index contributed by atoms with van der Waals surface area (Å²) in [6.07, 6.45) is 34.9. The molecule has 0 N–H and O–H groups in total. The summed E-state index contributed by atoms with van der Waals surface area (Å²) in [6.45, 7) is 0. The van der Waals surface area contributed by atoms with Gasteiger partial charge in [0.25, 0.3) is 0 Å². The van der Waals surface area contributed by atoms with E-state index < -0.39 is 0 Å². The van der Waals surface area contributed by atoms with Crippen LogP contribution in [0.5, 0.6) is 0 Å². The van der Waals surface area contributed by atoms with Crippen molar-refractivity contribution in [1.82, 2.24) is 15.0 Å². The minimum Gasteiger partial charge on any atom is -0.209 e. The van der Waals surface area contributed by atoms with Crippen molar-refractivity contribution in [2.75, 3.05) is 0 Å². The number of hydrogen-bond acceptors (Lipinski definition) is 5. The van der Waals surface area contributed by atoms with Gasteiger partial charge in [0.05, 0.1) is 0 Å². The summed E-state index contributed by atoms with van der Waals surface area (Å²) < 4.78 is 0. The molecule has 0 spiro atoms. The first-order chi connectivity index (χ1) is 24.7. The van der Waals surface area contributed by atoms with Crippen LogP contribution in [0.2, 0.25) is 0 Å². The van der Waals surface area contributed by atoms with Crippen LogP contribution < -0.4 is 0 Å². The molecule has 3 heterocycles. The van der Waals surface area contributed by atoms with Gasteiger partial charge in [0.2, 0.25) is 0 Å². The molecule has 0 saturated carbocycles. The molecule has 1 aromatic heterocycles. The fourth-order valence-electron chi connectivity index (χ4n) is 8.98. The van der Waals surface area contributed by atoms with E-state index in [1.54, 1.807) is 10.5 Å². The summed E-state index contributed by atoms with van der Waals surface area (Å²) in [4.78, 5) is 18.7. The number of hydrogen-bond donors (Lipinski definition) is 0. The van der Waals surface area contributed by atoms with Crippen molar-refractivity contribution < 1.29 is 0 Å². The van der Waals surface area contributed by atoms with Gasteiger partial charge in [0.15, 0.2) is 17.5 Å². The topological polar surface area (TPSA) is 38.7 Å². The fraction of sp³-hybridized carbons (Fsp3) is 0.311. The van der Waals surface area contributed by atoms with Gasteiger partial charge >= 0.3 is 0 Å². The molecule has 3 aromatic rings. The maximum atomic E-state index is 5.27. The Bertz CT molecular complexity index is 2140. The first-order valence-corrected chi connectivity index (χ1v) is 20.4. The Hall–Kier alpha value is -3.93. The van der Waals surface area contributed by atoms with E-state index in [1.165, 1.54) is 64.0 Å². The number of fused-ring (bicyclic) bond motifs is 5. The number of allylic oxidation sites excluding steroid dienone is 15. The summed E-state index contributed by atoms with van der Waals surface area (Å²) in [5.74, 6) is 3.54. The molecule has 4 atom stereocenters. The molecule has 0 bridgehead atoms. The van der Waals surface area contributed by atoms with Crippen LogP contribution >= 0.6 is 23.5 Å². The van der Waals surface area contributed by atoms with Crippen molar-refractivity contribution in [2.45, 2.75) is 79.6 Å². The molecule has 248 valence electrons. The third-order valence-corrected chi connectivity index (χ3v) is 14.4. The van der Waals surface area contributed by atoms with E-state index in [9.17, 15) is 0 Å². The van der Waals surface area contributed by atoms with E-state index in [4.69, 9.17) is 15.0 Å². The van der Waals surface area contributed by atoms with Crippen molar-refractivity contribution in [3.8, 4) is 22.8 Å². The highest BCUT2D eigenvalue weighted by Crippen LogP contribution is 2.55. The lowest BCUT2D eigenvalue weighted by atomic mass is 9.80. The van der Waals surface area contributed by atoms with E-state index in [2.05, 4.69) is 115 Å². The number of aromatic nitrogens is 3. The minimum absolute atomic E-state index is 0.452.